The maximum absolute atomic E-state index is 13.3. The zero-order chi connectivity index (χ0) is 22.8. The van der Waals surface area contributed by atoms with Gasteiger partial charge in [0.25, 0.3) is 5.91 Å². The first kappa shape index (κ1) is 22.3. The Morgan fingerprint density at radius 1 is 0.909 bits per heavy atom. The number of hydrogen-bond donors (Lipinski definition) is 0. The number of carbonyl (C=O) groups excluding carboxylic acids is 2. The number of fused-ring (bicyclic) bond motifs is 1. The molecule has 2 amide bonds. The molecule has 2 aromatic carbocycles. The molecule has 1 aromatic heterocycles. The fourth-order valence-corrected chi connectivity index (χ4v) is 6.10. The van der Waals surface area contributed by atoms with Gasteiger partial charge in [-0.05, 0) is 47.2 Å². The van der Waals surface area contributed by atoms with Crippen LogP contribution >= 0.6 is 27.3 Å². The van der Waals surface area contributed by atoms with Gasteiger partial charge in [-0.3, -0.25) is 14.5 Å². The fourth-order valence-electron chi connectivity index (χ4n) is 4.80. The minimum absolute atomic E-state index is 0.0218. The van der Waals surface area contributed by atoms with E-state index >= 15 is 0 Å². The predicted molar refractivity (Wildman–Crippen MR) is 135 cm³/mol. The predicted octanol–water partition coefficient (Wildman–Crippen LogP) is 4.44. The molecular formula is C26H26BrN3O2S. The molecule has 0 bridgehead atoms. The van der Waals surface area contributed by atoms with E-state index in [4.69, 9.17) is 0 Å². The highest BCUT2D eigenvalue weighted by Crippen LogP contribution is 2.37. The zero-order valence-electron chi connectivity index (χ0n) is 18.3. The van der Waals surface area contributed by atoms with Gasteiger partial charge in [-0.2, -0.15) is 0 Å². The standard InChI is InChI=1S/C26H26BrN3O2S/c27-21-8-4-7-20(17-21)26(32)29-14-12-28(13-15-29)24(31)18-30-11-9-23-22(10-16-33-23)25(30)19-5-2-1-3-6-19/h1-8,10,16-17,25H,9,11-15,18H2/t25-/m0/s1. The van der Waals surface area contributed by atoms with Crippen molar-refractivity contribution in [1.29, 1.82) is 0 Å². The Kier molecular flexibility index (Phi) is 6.62. The van der Waals surface area contributed by atoms with Crippen LogP contribution in [0.15, 0.2) is 70.5 Å². The molecule has 170 valence electrons. The summed E-state index contributed by atoms with van der Waals surface area (Å²) in [5, 5.41) is 2.16. The van der Waals surface area contributed by atoms with E-state index in [-0.39, 0.29) is 17.9 Å². The molecule has 5 nitrogen and oxygen atoms in total. The highest BCUT2D eigenvalue weighted by molar-refractivity contribution is 9.10. The lowest BCUT2D eigenvalue weighted by Crippen LogP contribution is -2.53. The Morgan fingerprint density at radius 3 is 2.42 bits per heavy atom. The number of carbonyl (C=O) groups is 2. The smallest absolute Gasteiger partial charge is 0.254 e. The first-order chi connectivity index (χ1) is 16.1. The number of thiophene rings is 1. The molecule has 0 radical (unpaired) electrons. The van der Waals surface area contributed by atoms with Crippen molar-refractivity contribution in [2.24, 2.45) is 0 Å². The first-order valence-electron chi connectivity index (χ1n) is 11.3. The van der Waals surface area contributed by atoms with Crippen molar-refractivity contribution < 1.29 is 9.59 Å². The van der Waals surface area contributed by atoms with Crippen molar-refractivity contribution in [3.63, 3.8) is 0 Å². The monoisotopic (exact) mass is 523 g/mol. The van der Waals surface area contributed by atoms with E-state index in [1.807, 2.05) is 51.5 Å². The average molecular weight is 524 g/mol. The van der Waals surface area contributed by atoms with Gasteiger partial charge in [-0.25, -0.2) is 0 Å². The number of piperazine rings is 1. The number of rotatable bonds is 4. The van der Waals surface area contributed by atoms with E-state index in [1.165, 1.54) is 16.0 Å². The maximum atomic E-state index is 13.3. The summed E-state index contributed by atoms with van der Waals surface area (Å²) >= 11 is 5.24. The van der Waals surface area contributed by atoms with Gasteiger partial charge in [0.05, 0.1) is 12.6 Å². The lowest BCUT2D eigenvalue weighted by Gasteiger charge is -2.39. The summed E-state index contributed by atoms with van der Waals surface area (Å²) in [6, 6.07) is 20.3. The summed E-state index contributed by atoms with van der Waals surface area (Å²) < 4.78 is 0.894. The summed E-state index contributed by atoms with van der Waals surface area (Å²) in [5.74, 6) is 0.165. The van der Waals surface area contributed by atoms with Crippen LogP contribution in [-0.2, 0) is 11.2 Å². The molecule has 1 atom stereocenters. The molecule has 0 saturated carbocycles. The normalized spacial score (nSPS) is 18.8. The Labute approximate surface area is 206 Å². The minimum Gasteiger partial charge on any atom is -0.338 e. The highest BCUT2D eigenvalue weighted by atomic mass is 79.9. The average Bonchev–Trinajstić information content (AvgIpc) is 3.33. The van der Waals surface area contributed by atoms with Crippen molar-refractivity contribution in [2.45, 2.75) is 12.5 Å². The third kappa shape index (κ3) is 4.76. The summed E-state index contributed by atoms with van der Waals surface area (Å²) in [4.78, 5) is 33.6. The van der Waals surface area contributed by atoms with Gasteiger partial charge in [0.2, 0.25) is 5.91 Å². The highest BCUT2D eigenvalue weighted by Gasteiger charge is 2.33. The van der Waals surface area contributed by atoms with Crippen LogP contribution in [0.25, 0.3) is 0 Å². The number of benzene rings is 2. The molecular weight excluding hydrogens is 498 g/mol. The van der Waals surface area contributed by atoms with Crippen LogP contribution in [0, 0.1) is 0 Å². The summed E-state index contributed by atoms with van der Waals surface area (Å²) in [7, 11) is 0. The molecule has 2 aliphatic rings. The topological polar surface area (TPSA) is 43.9 Å². The first-order valence-corrected chi connectivity index (χ1v) is 13.0. The summed E-state index contributed by atoms with van der Waals surface area (Å²) in [6.07, 6.45) is 0.985. The van der Waals surface area contributed by atoms with Crippen LogP contribution < -0.4 is 0 Å². The van der Waals surface area contributed by atoms with Gasteiger partial charge in [0, 0.05) is 47.6 Å². The quantitative estimate of drug-likeness (QED) is 0.507. The van der Waals surface area contributed by atoms with E-state index in [9.17, 15) is 9.59 Å². The molecule has 5 rings (SSSR count). The molecule has 0 N–H and O–H groups in total. The molecule has 1 saturated heterocycles. The molecule has 3 aromatic rings. The second kappa shape index (κ2) is 9.79. The number of nitrogens with zero attached hydrogens (tertiary/aromatic N) is 3. The Balaban J connectivity index is 1.24. The minimum atomic E-state index is 0.0218. The van der Waals surface area contributed by atoms with Gasteiger partial charge >= 0.3 is 0 Å². The van der Waals surface area contributed by atoms with E-state index in [1.54, 1.807) is 0 Å². The van der Waals surface area contributed by atoms with Crippen LogP contribution in [0.4, 0.5) is 0 Å². The fraction of sp³-hybridized carbons (Fsp3) is 0.308. The van der Waals surface area contributed by atoms with Crippen molar-refractivity contribution in [1.82, 2.24) is 14.7 Å². The van der Waals surface area contributed by atoms with E-state index in [2.05, 4.69) is 56.5 Å². The van der Waals surface area contributed by atoms with Crippen molar-refractivity contribution in [2.75, 3.05) is 39.3 Å². The van der Waals surface area contributed by atoms with Crippen molar-refractivity contribution >= 4 is 39.1 Å². The van der Waals surface area contributed by atoms with Crippen molar-refractivity contribution in [3.8, 4) is 0 Å². The molecule has 2 aliphatic heterocycles. The van der Waals surface area contributed by atoms with E-state index in [0.29, 0.717) is 38.3 Å². The Hall–Kier alpha value is -2.48. The maximum Gasteiger partial charge on any atom is 0.254 e. The Bertz CT molecular complexity index is 1140. The van der Waals surface area contributed by atoms with Gasteiger partial charge in [0.15, 0.2) is 0 Å². The van der Waals surface area contributed by atoms with Crippen LogP contribution in [0.5, 0.6) is 0 Å². The van der Waals surface area contributed by atoms with Gasteiger partial charge in [-0.15, -0.1) is 11.3 Å². The molecule has 3 heterocycles. The van der Waals surface area contributed by atoms with Crippen LogP contribution in [-0.4, -0.2) is 65.8 Å². The van der Waals surface area contributed by atoms with Crippen LogP contribution in [0.2, 0.25) is 0 Å². The van der Waals surface area contributed by atoms with Gasteiger partial charge in [-0.1, -0.05) is 52.3 Å². The second-order valence-corrected chi connectivity index (χ2v) is 10.4. The summed E-state index contributed by atoms with van der Waals surface area (Å²) in [6.45, 7) is 3.55. The van der Waals surface area contributed by atoms with Crippen molar-refractivity contribution in [3.05, 3.63) is 92.1 Å². The molecule has 0 unspecified atom stereocenters. The van der Waals surface area contributed by atoms with E-state index < -0.39 is 0 Å². The van der Waals surface area contributed by atoms with Gasteiger partial charge < -0.3 is 9.80 Å². The van der Waals surface area contributed by atoms with Crippen LogP contribution in [0.1, 0.15) is 32.4 Å². The third-order valence-corrected chi connectivity index (χ3v) is 8.00. The largest absolute Gasteiger partial charge is 0.338 e. The molecule has 0 spiro atoms. The number of halogens is 1. The summed E-state index contributed by atoms with van der Waals surface area (Å²) in [5.41, 5.74) is 3.23. The lowest BCUT2D eigenvalue weighted by molar-refractivity contribution is -0.134. The molecule has 7 heteroatoms. The Morgan fingerprint density at radius 2 is 1.67 bits per heavy atom. The van der Waals surface area contributed by atoms with Crippen LogP contribution in [0.3, 0.4) is 0 Å². The zero-order valence-corrected chi connectivity index (χ0v) is 20.7. The molecule has 33 heavy (non-hydrogen) atoms. The lowest BCUT2D eigenvalue weighted by atomic mass is 9.93. The SMILES string of the molecule is O=C(CN1CCc2sccc2[C@@H]1c1ccccc1)N1CCN(C(=O)c2cccc(Br)c2)CC1. The van der Waals surface area contributed by atoms with Gasteiger partial charge in [0.1, 0.15) is 0 Å². The number of amides is 2. The molecule has 0 aliphatic carbocycles. The third-order valence-electron chi connectivity index (χ3n) is 6.51. The second-order valence-electron chi connectivity index (χ2n) is 8.52. The molecule has 1 fully saturated rings. The number of hydrogen-bond acceptors (Lipinski definition) is 4. The van der Waals surface area contributed by atoms with E-state index in [0.717, 1.165) is 17.4 Å².